The Labute approximate surface area is 176 Å². The molecule has 10 heteroatoms. The van der Waals surface area contributed by atoms with Crippen LogP contribution in [0.1, 0.15) is 11.8 Å². The van der Waals surface area contributed by atoms with E-state index in [0.717, 1.165) is 10.4 Å². The summed E-state index contributed by atoms with van der Waals surface area (Å²) >= 11 is 12.1. The monoisotopic (exact) mass is 450 g/mol. The van der Waals surface area contributed by atoms with Gasteiger partial charge in [-0.1, -0.05) is 53.5 Å². The summed E-state index contributed by atoms with van der Waals surface area (Å²) in [5, 5.41) is 12.0. The van der Waals surface area contributed by atoms with Gasteiger partial charge < -0.3 is 4.74 Å². The van der Waals surface area contributed by atoms with E-state index >= 15 is 0 Å². The van der Waals surface area contributed by atoms with Gasteiger partial charge in [0.25, 0.3) is 15.7 Å². The molecule has 1 atom stereocenters. The summed E-state index contributed by atoms with van der Waals surface area (Å²) in [4.78, 5) is 10.3. The molecule has 0 unspecified atom stereocenters. The molecule has 0 spiro atoms. The van der Waals surface area contributed by atoms with Gasteiger partial charge in [-0.25, -0.2) is 12.7 Å². The first-order chi connectivity index (χ1) is 13.8. The molecular weight excluding hydrogens is 439 g/mol. The van der Waals surface area contributed by atoms with Crippen LogP contribution in [0, 0.1) is 10.1 Å². The van der Waals surface area contributed by atoms with Crippen LogP contribution in [0.5, 0.6) is 5.75 Å². The normalized spacial score (nSPS) is 15.7. The fraction of sp³-hybridized carbons (Fsp3) is 0.0526. The number of benzene rings is 3. The van der Waals surface area contributed by atoms with Crippen molar-refractivity contribution in [3.63, 3.8) is 0 Å². The molecule has 4 rings (SSSR count). The number of anilines is 1. The van der Waals surface area contributed by atoms with Crippen LogP contribution in [0.4, 0.5) is 11.4 Å². The molecule has 1 aliphatic rings. The molecule has 0 bridgehead atoms. The van der Waals surface area contributed by atoms with Crippen molar-refractivity contribution >= 4 is 44.6 Å². The minimum Gasteiger partial charge on any atom is -0.463 e. The summed E-state index contributed by atoms with van der Waals surface area (Å²) in [6, 6.07) is 16.3. The molecule has 0 aromatic heterocycles. The predicted octanol–water partition coefficient (Wildman–Crippen LogP) is 5.19. The Morgan fingerprint density at radius 3 is 2.38 bits per heavy atom. The zero-order valence-corrected chi connectivity index (χ0v) is 16.9. The second-order valence-corrected chi connectivity index (χ2v) is 8.73. The SMILES string of the molecule is O=[N+]([O-])c1ccccc1S(=O)(=O)N1c2ccccc2O[C@H]1c1ccc(Cl)c(Cl)c1. The van der Waals surface area contributed by atoms with Crippen LogP contribution < -0.4 is 9.04 Å². The van der Waals surface area contributed by atoms with Crippen molar-refractivity contribution in [1.82, 2.24) is 0 Å². The lowest BCUT2D eigenvalue weighted by Crippen LogP contribution is -2.34. The van der Waals surface area contributed by atoms with Crippen molar-refractivity contribution in [2.24, 2.45) is 0 Å². The minimum atomic E-state index is -4.36. The lowest BCUT2D eigenvalue weighted by atomic mass is 10.2. The van der Waals surface area contributed by atoms with Gasteiger partial charge in [-0.15, -0.1) is 0 Å². The molecule has 0 saturated heterocycles. The summed E-state index contributed by atoms with van der Waals surface area (Å²) in [7, 11) is -4.36. The van der Waals surface area contributed by atoms with Gasteiger partial charge >= 0.3 is 0 Å². The number of nitro groups is 1. The van der Waals surface area contributed by atoms with Gasteiger partial charge in [0.1, 0.15) is 5.75 Å². The zero-order valence-electron chi connectivity index (χ0n) is 14.5. The first-order valence-corrected chi connectivity index (χ1v) is 10.5. The van der Waals surface area contributed by atoms with Crippen LogP contribution in [0.2, 0.25) is 10.0 Å². The summed E-state index contributed by atoms with van der Waals surface area (Å²) in [5.74, 6) is 0.325. The van der Waals surface area contributed by atoms with Gasteiger partial charge in [0.2, 0.25) is 6.23 Å². The lowest BCUT2D eigenvalue weighted by Gasteiger charge is -2.25. The van der Waals surface area contributed by atoms with Gasteiger partial charge in [-0.05, 0) is 30.3 Å². The van der Waals surface area contributed by atoms with E-state index in [0.29, 0.717) is 16.3 Å². The van der Waals surface area contributed by atoms with Gasteiger partial charge in [0.05, 0.1) is 20.7 Å². The molecular formula is C19H12Cl2N2O5S. The molecule has 1 heterocycles. The van der Waals surface area contributed by atoms with E-state index in [1.54, 1.807) is 30.3 Å². The number of rotatable bonds is 4. The van der Waals surface area contributed by atoms with Crippen LogP contribution in [-0.4, -0.2) is 13.3 Å². The van der Waals surface area contributed by atoms with Crippen LogP contribution in [0.15, 0.2) is 71.6 Å². The molecule has 7 nitrogen and oxygen atoms in total. The molecule has 0 amide bonds. The number of nitro benzene ring substituents is 1. The number of para-hydroxylation sites is 3. The van der Waals surface area contributed by atoms with E-state index in [9.17, 15) is 18.5 Å². The van der Waals surface area contributed by atoms with E-state index in [2.05, 4.69) is 0 Å². The summed E-state index contributed by atoms with van der Waals surface area (Å²) in [6.07, 6.45) is -1.10. The third-order valence-corrected chi connectivity index (χ3v) is 6.93. The highest BCUT2D eigenvalue weighted by Gasteiger charge is 2.43. The average molecular weight is 451 g/mol. The van der Waals surface area contributed by atoms with Crippen molar-refractivity contribution < 1.29 is 18.1 Å². The molecule has 0 saturated carbocycles. The number of nitrogens with zero attached hydrogens (tertiary/aromatic N) is 2. The van der Waals surface area contributed by atoms with Gasteiger partial charge in [-0.3, -0.25) is 10.1 Å². The zero-order chi connectivity index (χ0) is 20.8. The van der Waals surface area contributed by atoms with Crippen molar-refractivity contribution in [1.29, 1.82) is 0 Å². The molecule has 148 valence electrons. The molecule has 1 aliphatic heterocycles. The highest BCUT2D eigenvalue weighted by Crippen LogP contribution is 2.47. The lowest BCUT2D eigenvalue weighted by molar-refractivity contribution is -0.387. The third-order valence-electron chi connectivity index (χ3n) is 4.38. The van der Waals surface area contributed by atoms with Gasteiger partial charge in [0, 0.05) is 11.6 Å². The molecule has 3 aromatic rings. The van der Waals surface area contributed by atoms with E-state index in [1.807, 2.05) is 0 Å². The average Bonchev–Trinajstić information content (AvgIpc) is 3.10. The summed E-state index contributed by atoms with van der Waals surface area (Å²) in [6.45, 7) is 0. The Hall–Kier alpha value is -2.81. The van der Waals surface area contributed by atoms with Crippen molar-refractivity contribution in [3.8, 4) is 5.75 Å². The maximum absolute atomic E-state index is 13.5. The van der Waals surface area contributed by atoms with Crippen LogP contribution in [-0.2, 0) is 10.0 Å². The molecule has 0 fully saturated rings. The first kappa shape index (κ1) is 19.5. The Balaban J connectivity index is 1.92. The van der Waals surface area contributed by atoms with E-state index in [1.165, 1.54) is 30.3 Å². The fourth-order valence-corrected chi connectivity index (χ4v) is 5.09. The minimum absolute atomic E-state index is 0.228. The van der Waals surface area contributed by atoms with E-state index < -0.39 is 31.8 Å². The predicted molar refractivity (Wildman–Crippen MR) is 109 cm³/mol. The molecule has 0 N–H and O–H groups in total. The second-order valence-electron chi connectivity index (χ2n) is 6.14. The first-order valence-electron chi connectivity index (χ1n) is 8.29. The Morgan fingerprint density at radius 1 is 0.966 bits per heavy atom. The van der Waals surface area contributed by atoms with Crippen LogP contribution in [0.3, 0.4) is 0 Å². The molecule has 3 aromatic carbocycles. The Bertz CT molecular complexity index is 1230. The topological polar surface area (TPSA) is 89.8 Å². The number of sulfonamides is 1. The highest BCUT2D eigenvalue weighted by atomic mass is 35.5. The Morgan fingerprint density at radius 2 is 1.66 bits per heavy atom. The molecule has 29 heavy (non-hydrogen) atoms. The van der Waals surface area contributed by atoms with Crippen molar-refractivity contribution in [2.75, 3.05) is 4.31 Å². The van der Waals surface area contributed by atoms with E-state index in [4.69, 9.17) is 27.9 Å². The maximum Gasteiger partial charge on any atom is 0.289 e. The van der Waals surface area contributed by atoms with Crippen molar-refractivity contribution in [2.45, 2.75) is 11.1 Å². The summed E-state index contributed by atoms with van der Waals surface area (Å²) in [5.41, 5.74) is 0.171. The summed E-state index contributed by atoms with van der Waals surface area (Å²) < 4.78 is 34.0. The largest absolute Gasteiger partial charge is 0.463 e. The molecule has 0 radical (unpaired) electrons. The number of ether oxygens (including phenoxy) is 1. The Kier molecular flexibility index (Phi) is 4.85. The number of hydrogen-bond acceptors (Lipinski definition) is 5. The highest BCUT2D eigenvalue weighted by molar-refractivity contribution is 7.93. The quantitative estimate of drug-likeness (QED) is 0.402. The smallest absolute Gasteiger partial charge is 0.289 e. The number of fused-ring (bicyclic) bond motifs is 1. The van der Waals surface area contributed by atoms with Crippen LogP contribution >= 0.6 is 23.2 Å². The number of hydrogen-bond donors (Lipinski definition) is 0. The molecule has 0 aliphatic carbocycles. The van der Waals surface area contributed by atoms with Crippen LogP contribution in [0.25, 0.3) is 0 Å². The fourth-order valence-electron chi connectivity index (χ4n) is 3.09. The second kappa shape index (κ2) is 7.22. The van der Waals surface area contributed by atoms with Gasteiger partial charge in [0.15, 0.2) is 4.90 Å². The maximum atomic E-state index is 13.5. The van der Waals surface area contributed by atoms with Crippen molar-refractivity contribution in [3.05, 3.63) is 92.5 Å². The van der Waals surface area contributed by atoms with E-state index in [-0.39, 0.29) is 10.7 Å². The number of halogens is 2. The standard InChI is InChI=1S/C19H12Cl2N2O5S/c20-13-10-9-12(11-14(13)21)19-22(15-5-1-3-7-17(15)28-19)29(26,27)18-8-4-2-6-16(18)23(24)25/h1-11,19H/t19-/m0/s1. The van der Waals surface area contributed by atoms with Gasteiger partial charge in [-0.2, -0.15) is 0 Å². The third kappa shape index (κ3) is 3.29.